The summed E-state index contributed by atoms with van der Waals surface area (Å²) in [6.45, 7) is 10.2. The fourth-order valence-electron chi connectivity index (χ4n) is 7.76. The Kier molecular flexibility index (Phi) is 13.8. The Morgan fingerprint density at radius 1 is 0.439 bits per heavy atom. The lowest BCUT2D eigenvalue weighted by atomic mass is 9.99. The Balaban J connectivity index is 0.000000188. The van der Waals surface area contributed by atoms with Crippen LogP contribution in [0.3, 0.4) is 0 Å². The first-order chi connectivity index (χ1) is 35.4. The van der Waals surface area contributed by atoms with Crippen LogP contribution in [0, 0.1) is 27.7 Å². The zero-order chi connectivity index (χ0) is 56.6. The maximum atomic E-state index is 8.23. The highest BCUT2D eigenvalue weighted by Crippen LogP contribution is 2.25. The van der Waals surface area contributed by atoms with Gasteiger partial charge in [0.1, 0.15) is 28.2 Å². The number of rotatable bonds is 8. The third-order valence-corrected chi connectivity index (χ3v) is 11.9. The molecule has 0 radical (unpaired) electrons. The van der Waals surface area contributed by atoms with E-state index in [0.29, 0.717) is 16.7 Å². The van der Waals surface area contributed by atoms with Crippen LogP contribution >= 0.6 is 0 Å². The standard InChI is InChI=1S/2C16H20N.2C15H18N/c1-12(2)14-9-10-17(4)16(11-14)15-8-6-5-7-13(15)3;1-12(2)14-9-10-16(17(4)11-14)15-8-6-5-7-13(15)3;1-4-13-9-10-16(3)15(11-13)14-8-6-5-7-12(14)2;1-4-13-9-10-15(16(3)11-13)14-8-6-5-7-12(14)2/h2*5-12H,1-4H3;2*5-11H,4H2,1-3H3/q4*+1/i2*1D3,12D;;4D2. The molecule has 0 spiro atoms. The molecule has 8 aromatic rings. The van der Waals surface area contributed by atoms with Crippen molar-refractivity contribution in [3.05, 3.63) is 215 Å². The van der Waals surface area contributed by atoms with Crippen molar-refractivity contribution in [2.75, 3.05) is 0 Å². The zero-order valence-corrected chi connectivity index (χ0v) is 41.2. The molecule has 4 heterocycles. The van der Waals surface area contributed by atoms with Crippen LogP contribution in [0.15, 0.2) is 170 Å². The molecule has 4 heteroatoms. The van der Waals surface area contributed by atoms with Crippen molar-refractivity contribution in [3.63, 3.8) is 0 Å². The molecule has 0 fully saturated rings. The quantitative estimate of drug-likeness (QED) is 0.135. The smallest absolute Gasteiger partial charge is 0.201 e. The fraction of sp³-hybridized carbons (Fsp3) is 0.290. The summed E-state index contributed by atoms with van der Waals surface area (Å²) >= 11 is 0. The lowest BCUT2D eigenvalue weighted by molar-refractivity contribution is -0.661. The molecule has 0 aliphatic heterocycles. The van der Waals surface area contributed by atoms with Crippen molar-refractivity contribution in [2.45, 2.75) is 93.7 Å². The van der Waals surface area contributed by atoms with Crippen LogP contribution in [0.5, 0.6) is 0 Å². The Labute approximate surface area is 412 Å². The van der Waals surface area contributed by atoms with Gasteiger partial charge in [0.15, 0.2) is 24.8 Å². The van der Waals surface area contributed by atoms with Crippen LogP contribution in [0.25, 0.3) is 45.0 Å². The summed E-state index contributed by atoms with van der Waals surface area (Å²) in [4.78, 5) is 0. The largest absolute Gasteiger partial charge is 0.212 e. The summed E-state index contributed by atoms with van der Waals surface area (Å²) in [6.07, 6.45) is 7.33. The van der Waals surface area contributed by atoms with Gasteiger partial charge >= 0.3 is 0 Å². The van der Waals surface area contributed by atoms with Crippen molar-refractivity contribution in [1.82, 2.24) is 0 Å². The van der Waals surface area contributed by atoms with Crippen molar-refractivity contribution in [2.24, 2.45) is 28.2 Å². The zero-order valence-electron chi connectivity index (χ0n) is 51.2. The van der Waals surface area contributed by atoms with Crippen LogP contribution < -0.4 is 18.3 Å². The monoisotopic (exact) mass is 887 g/mol. The summed E-state index contributed by atoms with van der Waals surface area (Å²) in [6, 6.07) is 48.2. The molecule has 0 saturated heterocycles. The highest BCUT2D eigenvalue weighted by atomic mass is 14.9. The second-order valence-corrected chi connectivity index (χ2v) is 16.9. The van der Waals surface area contributed by atoms with Gasteiger partial charge in [0, 0.05) is 83.5 Å². The van der Waals surface area contributed by atoms with E-state index in [1.54, 1.807) is 25.3 Å². The van der Waals surface area contributed by atoms with Crippen molar-refractivity contribution >= 4 is 0 Å². The predicted octanol–water partition coefficient (Wildman–Crippen LogP) is 13.3. The second kappa shape index (κ2) is 24.1. The van der Waals surface area contributed by atoms with Crippen LogP contribution in [0.2, 0.25) is 0 Å². The van der Waals surface area contributed by atoms with E-state index >= 15 is 0 Å². The van der Waals surface area contributed by atoms with Gasteiger partial charge in [0.05, 0.1) is 0 Å². The predicted molar refractivity (Wildman–Crippen MR) is 278 cm³/mol. The highest BCUT2D eigenvalue weighted by Gasteiger charge is 2.16. The molecule has 0 N–H and O–H groups in total. The Morgan fingerprint density at radius 3 is 1.27 bits per heavy atom. The summed E-state index contributed by atoms with van der Waals surface area (Å²) in [7, 11) is 7.85. The van der Waals surface area contributed by atoms with Crippen LogP contribution in [0.4, 0.5) is 0 Å². The topological polar surface area (TPSA) is 15.5 Å². The molecule has 0 aliphatic rings. The van der Waals surface area contributed by atoms with E-state index in [2.05, 4.69) is 87.1 Å². The number of pyridine rings is 4. The van der Waals surface area contributed by atoms with E-state index in [-0.39, 0.29) is 0 Å². The van der Waals surface area contributed by atoms with Gasteiger partial charge in [-0.1, -0.05) is 114 Å². The summed E-state index contributed by atoms with van der Waals surface area (Å²) < 4.78 is 85.2. The van der Waals surface area contributed by atoms with Gasteiger partial charge in [-0.25, -0.2) is 18.3 Å². The molecular weight excluding hydrogens is 801 g/mol. The molecular formula is C62H76N4+4. The molecule has 0 aliphatic carbocycles. The van der Waals surface area contributed by atoms with Crippen LogP contribution in [0.1, 0.15) is 111 Å². The molecule has 4 nitrogen and oxygen atoms in total. The minimum absolute atomic E-state index is 0.488. The van der Waals surface area contributed by atoms with E-state index < -0.39 is 31.9 Å². The van der Waals surface area contributed by atoms with E-state index in [1.807, 2.05) is 146 Å². The average Bonchev–Trinajstić information content (AvgIpc) is 3.35. The number of nitrogens with zero attached hydrogens (tertiary/aromatic N) is 4. The molecule has 2 unspecified atom stereocenters. The molecule has 2 atom stereocenters. The maximum absolute atomic E-state index is 8.23. The van der Waals surface area contributed by atoms with E-state index in [1.165, 1.54) is 47.4 Å². The lowest BCUT2D eigenvalue weighted by Gasteiger charge is -2.08. The first kappa shape index (κ1) is 37.7. The summed E-state index contributed by atoms with van der Waals surface area (Å²) in [5.74, 6) is -3.24. The highest BCUT2D eigenvalue weighted by molar-refractivity contribution is 5.63. The first-order valence-electron chi connectivity index (χ1n) is 27.6. The molecule has 8 rings (SSSR count). The van der Waals surface area contributed by atoms with Gasteiger partial charge in [-0.2, -0.15) is 0 Å². The number of aryl methyl sites for hydroxylation is 10. The van der Waals surface area contributed by atoms with Crippen LogP contribution in [-0.2, 0) is 41.0 Å². The van der Waals surface area contributed by atoms with Crippen LogP contribution in [-0.4, -0.2) is 0 Å². The Morgan fingerprint density at radius 2 is 0.848 bits per heavy atom. The van der Waals surface area contributed by atoms with Crippen molar-refractivity contribution < 1.29 is 32.0 Å². The molecule has 0 amide bonds. The molecule has 0 saturated carbocycles. The number of hydrogen-bond acceptors (Lipinski definition) is 0. The maximum Gasteiger partial charge on any atom is 0.212 e. The Hall–Kier alpha value is -6.52. The molecule has 4 aromatic carbocycles. The molecule has 4 aromatic heterocycles. The number of hydrogen-bond donors (Lipinski definition) is 0. The third-order valence-electron chi connectivity index (χ3n) is 11.9. The van der Waals surface area contributed by atoms with Crippen molar-refractivity contribution in [1.29, 1.82) is 0 Å². The van der Waals surface area contributed by atoms with E-state index in [9.17, 15) is 0 Å². The Bertz CT molecular complexity index is 3260. The molecule has 66 heavy (non-hydrogen) atoms. The van der Waals surface area contributed by atoms with E-state index in [4.69, 9.17) is 13.7 Å². The van der Waals surface area contributed by atoms with Gasteiger partial charge in [-0.3, -0.25) is 0 Å². The minimum atomic E-state index is -2.37. The van der Waals surface area contributed by atoms with E-state index in [0.717, 1.165) is 45.8 Å². The second-order valence-electron chi connectivity index (χ2n) is 16.9. The first-order valence-corrected chi connectivity index (χ1v) is 22.6. The minimum Gasteiger partial charge on any atom is -0.201 e. The SMILES string of the molecule is CCc1cc[n+](C)c(-c2ccccc2C)c1.[2H]C([2H])(C)c1ccc(-c2ccccc2C)[n+](C)c1.[2H]C([2H])([2H])C([2H])(C)c1cc[n+](C)c(-c2ccccc2C)c1.[2H]C([2H])([2H])C([2H])(C)c1ccc(-c2ccccc2C)[n+](C)c1. The lowest BCUT2D eigenvalue weighted by Crippen LogP contribution is -2.31. The van der Waals surface area contributed by atoms with Crippen molar-refractivity contribution in [3.8, 4) is 45.0 Å². The average molecular weight is 887 g/mol. The molecule has 0 bridgehead atoms. The third kappa shape index (κ3) is 13.3. The van der Waals surface area contributed by atoms with Gasteiger partial charge in [-0.05, 0) is 122 Å². The number of aromatic nitrogens is 4. The van der Waals surface area contributed by atoms with Gasteiger partial charge < -0.3 is 0 Å². The normalized spacial score (nSPS) is 15.3. The summed E-state index contributed by atoms with van der Waals surface area (Å²) in [5, 5.41) is 0. The summed E-state index contributed by atoms with van der Waals surface area (Å²) in [5.41, 5.74) is 16.8. The van der Waals surface area contributed by atoms with Gasteiger partial charge in [-0.15, -0.1) is 0 Å². The number of benzene rings is 4. The molecule has 340 valence electrons. The van der Waals surface area contributed by atoms with Gasteiger partial charge in [0.25, 0.3) is 0 Å². The van der Waals surface area contributed by atoms with Gasteiger partial charge in [0.2, 0.25) is 22.8 Å². The fourth-order valence-corrected chi connectivity index (χ4v) is 7.76.